The van der Waals surface area contributed by atoms with Gasteiger partial charge in [-0.3, -0.25) is 0 Å². The number of benzene rings is 11. The minimum atomic E-state index is -3.48. The first-order chi connectivity index (χ1) is 64.2. The molecular formula is C107H114O23Si. The summed E-state index contributed by atoms with van der Waals surface area (Å²) in [5.74, 6) is -1.85. The molecule has 0 aromatic heterocycles. The van der Waals surface area contributed by atoms with Gasteiger partial charge in [0.1, 0.15) is 111 Å². The van der Waals surface area contributed by atoms with E-state index in [9.17, 15) is 10.2 Å². The Morgan fingerprint density at radius 2 is 0.664 bits per heavy atom. The van der Waals surface area contributed by atoms with Gasteiger partial charge >= 0.3 is 11.9 Å². The summed E-state index contributed by atoms with van der Waals surface area (Å²) in [7, 11) is -3.48. The van der Waals surface area contributed by atoms with Crippen molar-refractivity contribution in [2.24, 2.45) is 0 Å². The lowest BCUT2D eigenvalue weighted by molar-refractivity contribution is -0.401. The number of fused-ring (bicyclic) bond motifs is 4. The summed E-state index contributed by atoms with van der Waals surface area (Å²) in [4.78, 5) is 30.9. The van der Waals surface area contributed by atoms with Crippen LogP contribution in [0.15, 0.2) is 340 Å². The van der Waals surface area contributed by atoms with E-state index in [0.29, 0.717) is 0 Å². The number of cyclic esters (lactones) is 2. The maximum Gasteiger partial charge on any atom is 0.339 e. The zero-order valence-corrected chi connectivity index (χ0v) is 74.7. The standard InChI is InChI=1S/C107H114O23Si/c1-5-60-112-103-98(118-67-78-48-26-11-27-49-78)94(114-63-74-40-18-7-19-41-74)92(88(125-103)72-123-131(107(2,3)4,81-54-32-14-33-55-81)82-56-34-15-35-57-82)130-106-100(120-69-80-52-30-13-31-53-80)96(116-65-76-44-22-9-23-45-76)91-87(127-106)71-122-102(111)84-59-37-36-58-83(84)101(110)121-70-86-90(95(115-64-75-42-20-8-21-43-75)99(105(126-86)129-91)119-68-79-50-28-12-29-51-79)128-104-97(117-66-77-46-24-10-25-47-77)93(89(109)85(61-108)124-104)113-62-73-38-16-6-17-39-73/h5-59,85-100,103-106,108-109H,1,60-72H2,2-4H3/t85-,86-,87-,88-,89-,90-,91-,92-,93+,94+,95+,96+,97-,98-,99-,100-,103+,104-,105-,106-/m1/s1. The van der Waals surface area contributed by atoms with Gasteiger partial charge in [0.05, 0.1) is 83.8 Å². The largest absolute Gasteiger partial charge is 0.459 e. The molecule has 11 aromatic rings. The highest BCUT2D eigenvalue weighted by atomic mass is 28.4. The molecule has 20 atom stereocenters. The summed E-state index contributed by atoms with van der Waals surface area (Å²) < 4.78 is 139. The number of carbonyl (C=O) groups is 2. The first-order valence-corrected chi connectivity index (χ1v) is 46.7. The average molecular weight is 1800 g/mol. The van der Waals surface area contributed by atoms with E-state index in [1.807, 2.05) is 279 Å². The van der Waals surface area contributed by atoms with Gasteiger partial charge in [0.15, 0.2) is 25.2 Å². The van der Waals surface area contributed by atoms with Crippen molar-refractivity contribution in [3.05, 3.63) is 396 Å². The fourth-order valence-electron chi connectivity index (χ4n) is 17.5. The third-order valence-electron chi connectivity index (χ3n) is 24.1. The van der Waals surface area contributed by atoms with Crippen LogP contribution >= 0.6 is 0 Å². The molecule has 0 amide bonds. The van der Waals surface area contributed by atoms with Crippen LogP contribution in [-0.4, -0.2) is 186 Å². The zero-order valence-electron chi connectivity index (χ0n) is 73.7. The molecule has 0 spiro atoms. The molecule has 684 valence electrons. The van der Waals surface area contributed by atoms with Crippen molar-refractivity contribution in [2.45, 2.75) is 201 Å². The van der Waals surface area contributed by atoms with Gasteiger partial charge in [-0.05, 0) is 72.1 Å². The van der Waals surface area contributed by atoms with Gasteiger partial charge in [-0.25, -0.2) is 9.59 Å². The fourth-order valence-corrected chi connectivity index (χ4v) is 22.1. The summed E-state index contributed by atoms with van der Waals surface area (Å²) in [5.41, 5.74) is 5.98. The molecule has 5 aliphatic heterocycles. The zero-order chi connectivity index (χ0) is 90.1. The van der Waals surface area contributed by atoms with E-state index < -0.39 is 168 Å². The predicted octanol–water partition coefficient (Wildman–Crippen LogP) is 14.9. The Morgan fingerprint density at radius 1 is 0.344 bits per heavy atom. The number of aliphatic hydroxyl groups is 2. The van der Waals surface area contributed by atoms with Crippen LogP contribution in [0.2, 0.25) is 5.04 Å². The molecule has 0 saturated carbocycles. The van der Waals surface area contributed by atoms with E-state index in [1.165, 1.54) is 12.1 Å². The van der Waals surface area contributed by atoms with Gasteiger partial charge in [0, 0.05) is 0 Å². The Labute approximate surface area is 766 Å². The van der Waals surface area contributed by atoms with Crippen molar-refractivity contribution in [3.8, 4) is 0 Å². The topological polar surface area (TPSA) is 250 Å². The predicted molar refractivity (Wildman–Crippen MR) is 489 cm³/mol. The van der Waals surface area contributed by atoms with E-state index in [0.717, 1.165) is 54.9 Å². The van der Waals surface area contributed by atoms with E-state index in [1.54, 1.807) is 18.2 Å². The van der Waals surface area contributed by atoms with Crippen molar-refractivity contribution < 1.29 is 109 Å². The Balaban J connectivity index is 0.868. The lowest BCUT2D eigenvalue weighted by atomic mass is 9.94. The lowest BCUT2D eigenvalue weighted by Crippen LogP contribution is -2.70. The quantitative estimate of drug-likeness (QED) is 0.0209. The highest BCUT2D eigenvalue weighted by molar-refractivity contribution is 6.99. The normalized spacial score (nSPS) is 26.6. The van der Waals surface area contributed by atoms with Crippen molar-refractivity contribution in [1.82, 2.24) is 0 Å². The number of carbonyl (C=O) groups excluding carboxylic acids is 2. The molecule has 5 aliphatic rings. The number of hydrogen-bond donors (Lipinski definition) is 2. The monoisotopic (exact) mass is 1790 g/mol. The van der Waals surface area contributed by atoms with Gasteiger partial charge < -0.3 is 99.9 Å². The SMILES string of the molecule is C=CCO[C@H]1O[C@H](CO[Si](c2ccccc2)(c2ccccc2)C(C)(C)C)[C@@H](O[C@H]2O[C@@H]3COC(=O)c4ccccc4C(=O)OC[C@H]4O[C@H](O[C@H]3[C@H](OCc3ccccc3)[C@H]2OCc2ccccc2)[C@H](OCc2ccccc2)[C@@H](OCc2ccccc2)[C@@H]4O[C@H]2O[C@H](CO)[C@@H](O)[C@H](OCc3ccccc3)[C@H]2OCc2ccccc2)[C@H](OCc2ccccc2)[C@H]1OCc1ccccc1. The molecule has 11 aromatic carbocycles. The maximum absolute atomic E-state index is 15.6. The molecule has 16 rings (SSSR count). The van der Waals surface area contributed by atoms with Gasteiger partial charge in [-0.1, -0.05) is 342 Å². The van der Waals surface area contributed by atoms with Crippen LogP contribution < -0.4 is 10.4 Å². The Bertz CT molecular complexity index is 5220. The first-order valence-electron chi connectivity index (χ1n) is 44.8. The van der Waals surface area contributed by atoms with Gasteiger partial charge in [-0.15, -0.1) is 6.58 Å². The Kier molecular flexibility index (Phi) is 33.1. The summed E-state index contributed by atoms with van der Waals surface area (Å²) in [6, 6.07) is 104. The summed E-state index contributed by atoms with van der Waals surface area (Å²) in [6.07, 6.45) is -25.4. The van der Waals surface area contributed by atoms with E-state index in [2.05, 4.69) is 51.6 Å². The number of esters is 2. The fraction of sp³-hybridized carbons (Fsp3) is 0.346. The minimum absolute atomic E-state index is 0.0118. The molecular weight excluding hydrogens is 1680 g/mol. The molecule has 0 aliphatic carbocycles. The molecule has 4 saturated heterocycles. The third-order valence-corrected chi connectivity index (χ3v) is 29.1. The van der Waals surface area contributed by atoms with Crippen molar-refractivity contribution in [1.29, 1.82) is 0 Å². The third kappa shape index (κ3) is 23.8. The molecule has 2 N–H and O–H groups in total. The van der Waals surface area contributed by atoms with Crippen LogP contribution in [0.1, 0.15) is 86.0 Å². The molecule has 4 fully saturated rings. The molecule has 24 heteroatoms. The van der Waals surface area contributed by atoms with Crippen molar-refractivity contribution in [3.63, 3.8) is 0 Å². The molecule has 23 nitrogen and oxygen atoms in total. The van der Waals surface area contributed by atoms with Crippen LogP contribution in [-0.2, 0) is 143 Å². The van der Waals surface area contributed by atoms with Crippen LogP contribution in [0.25, 0.3) is 0 Å². The van der Waals surface area contributed by atoms with Gasteiger partial charge in [0.25, 0.3) is 8.32 Å². The smallest absolute Gasteiger partial charge is 0.339 e. The Morgan fingerprint density at radius 3 is 1.06 bits per heavy atom. The maximum atomic E-state index is 15.6. The van der Waals surface area contributed by atoms with Gasteiger partial charge in [0.2, 0.25) is 0 Å². The second-order valence-corrected chi connectivity index (χ2v) is 38.4. The molecule has 2 bridgehead atoms. The number of aliphatic hydroxyl groups excluding tert-OH is 2. The highest BCUT2D eigenvalue weighted by Gasteiger charge is 2.61. The molecule has 0 unspecified atom stereocenters. The summed E-state index contributed by atoms with van der Waals surface area (Å²) in [5, 5.41) is 25.3. The summed E-state index contributed by atoms with van der Waals surface area (Å²) >= 11 is 0. The highest BCUT2D eigenvalue weighted by Crippen LogP contribution is 2.44. The summed E-state index contributed by atoms with van der Waals surface area (Å²) in [6.45, 7) is 8.55. The first kappa shape index (κ1) is 93.8. The number of rotatable bonds is 37. The second kappa shape index (κ2) is 46.3. The van der Waals surface area contributed by atoms with E-state index in [4.69, 9.17) is 89.7 Å². The van der Waals surface area contributed by atoms with Crippen LogP contribution in [0.5, 0.6) is 0 Å². The molecule has 0 radical (unpaired) electrons. The van der Waals surface area contributed by atoms with Crippen LogP contribution in [0.3, 0.4) is 0 Å². The Hall–Kier alpha value is -10.4. The molecule has 5 heterocycles. The lowest BCUT2D eigenvalue weighted by Gasteiger charge is -2.52. The van der Waals surface area contributed by atoms with E-state index in [-0.39, 0.29) is 77.2 Å². The number of hydrogen-bond acceptors (Lipinski definition) is 23. The van der Waals surface area contributed by atoms with Crippen molar-refractivity contribution >= 4 is 30.6 Å². The average Bonchev–Trinajstić information content (AvgIpc) is 0.743. The van der Waals surface area contributed by atoms with Crippen molar-refractivity contribution in [2.75, 3.05) is 33.0 Å². The van der Waals surface area contributed by atoms with Crippen LogP contribution in [0, 0.1) is 0 Å². The van der Waals surface area contributed by atoms with Gasteiger partial charge in [-0.2, -0.15) is 0 Å². The number of ether oxygens (including phenoxy) is 18. The minimum Gasteiger partial charge on any atom is -0.459 e. The second-order valence-electron chi connectivity index (χ2n) is 34.1. The molecule has 131 heavy (non-hydrogen) atoms. The van der Waals surface area contributed by atoms with Crippen LogP contribution in [0.4, 0.5) is 0 Å². The van der Waals surface area contributed by atoms with E-state index >= 15 is 9.59 Å².